The third kappa shape index (κ3) is 3.30. The maximum Gasteiger partial charge on any atom is 0.222 e. The van der Waals surface area contributed by atoms with Crippen LogP contribution in [0.3, 0.4) is 0 Å². The van der Waals surface area contributed by atoms with E-state index >= 15 is 0 Å². The third-order valence-corrected chi connectivity index (χ3v) is 4.23. The zero-order chi connectivity index (χ0) is 15.4. The number of anilines is 2. The number of nitrogens with zero attached hydrogens (tertiary/aromatic N) is 5. The molecule has 7 heteroatoms. The number of ether oxygens (including phenoxy) is 1. The minimum Gasteiger partial charge on any atom is -0.378 e. The lowest BCUT2D eigenvalue weighted by Gasteiger charge is -2.35. The molecule has 0 saturated carbocycles. The van der Waals surface area contributed by atoms with Crippen LogP contribution in [-0.4, -0.2) is 73.5 Å². The summed E-state index contributed by atoms with van der Waals surface area (Å²) in [5.41, 5.74) is 0. The van der Waals surface area contributed by atoms with Crippen molar-refractivity contribution in [2.24, 2.45) is 0 Å². The van der Waals surface area contributed by atoms with Crippen LogP contribution in [0.1, 0.15) is 13.3 Å². The van der Waals surface area contributed by atoms with Gasteiger partial charge in [-0.25, -0.2) is 0 Å². The van der Waals surface area contributed by atoms with Crippen LogP contribution in [0.4, 0.5) is 11.6 Å². The summed E-state index contributed by atoms with van der Waals surface area (Å²) in [7, 11) is 0. The molecule has 120 valence electrons. The minimum absolute atomic E-state index is 0.230. The van der Waals surface area contributed by atoms with Crippen molar-refractivity contribution in [1.82, 2.24) is 15.1 Å². The van der Waals surface area contributed by atoms with Crippen molar-refractivity contribution >= 4 is 17.5 Å². The molecule has 0 unspecified atom stereocenters. The number of carbonyl (C=O) groups excluding carboxylic acids is 1. The Labute approximate surface area is 130 Å². The van der Waals surface area contributed by atoms with Crippen molar-refractivity contribution in [3.05, 3.63) is 12.1 Å². The second kappa shape index (κ2) is 6.91. The van der Waals surface area contributed by atoms with Gasteiger partial charge in [-0.2, -0.15) is 0 Å². The van der Waals surface area contributed by atoms with Gasteiger partial charge in [0, 0.05) is 45.7 Å². The Bertz CT molecular complexity index is 493. The Morgan fingerprint density at radius 3 is 2.05 bits per heavy atom. The Balaban J connectivity index is 1.58. The van der Waals surface area contributed by atoms with E-state index in [1.807, 2.05) is 24.0 Å². The second-order valence-corrected chi connectivity index (χ2v) is 5.57. The first kappa shape index (κ1) is 15.0. The molecule has 22 heavy (non-hydrogen) atoms. The van der Waals surface area contributed by atoms with E-state index in [0.29, 0.717) is 6.42 Å². The van der Waals surface area contributed by atoms with E-state index in [2.05, 4.69) is 20.0 Å². The smallest absolute Gasteiger partial charge is 0.222 e. The standard InChI is InChI=1S/C15H23N5O2/c1-2-15(21)20-7-5-18(6-8-20)13-3-4-14(17-16-13)19-9-11-22-12-10-19/h3-4H,2,5-12H2,1H3. The lowest BCUT2D eigenvalue weighted by atomic mass is 10.3. The average Bonchev–Trinajstić information content (AvgIpc) is 2.62. The van der Waals surface area contributed by atoms with Gasteiger partial charge in [0.15, 0.2) is 11.6 Å². The molecule has 3 heterocycles. The van der Waals surface area contributed by atoms with Gasteiger partial charge in [-0.15, -0.1) is 10.2 Å². The molecule has 0 N–H and O–H groups in total. The Morgan fingerprint density at radius 2 is 1.55 bits per heavy atom. The predicted octanol–water partition coefficient (Wildman–Crippen LogP) is 0.372. The van der Waals surface area contributed by atoms with Gasteiger partial charge in [0.05, 0.1) is 13.2 Å². The maximum atomic E-state index is 11.7. The highest BCUT2D eigenvalue weighted by atomic mass is 16.5. The number of piperazine rings is 1. The number of aromatic nitrogens is 2. The monoisotopic (exact) mass is 305 g/mol. The Kier molecular flexibility index (Phi) is 4.72. The Hall–Kier alpha value is -1.89. The average molecular weight is 305 g/mol. The highest BCUT2D eigenvalue weighted by Crippen LogP contribution is 2.17. The van der Waals surface area contributed by atoms with Gasteiger partial charge in [0.25, 0.3) is 0 Å². The molecule has 0 spiro atoms. The highest BCUT2D eigenvalue weighted by Gasteiger charge is 2.21. The number of rotatable bonds is 3. The molecule has 0 aliphatic carbocycles. The molecular weight excluding hydrogens is 282 g/mol. The predicted molar refractivity (Wildman–Crippen MR) is 84.1 cm³/mol. The van der Waals surface area contributed by atoms with Gasteiger partial charge in [0.1, 0.15) is 0 Å². The van der Waals surface area contributed by atoms with Gasteiger partial charge in [-0.05, 0) is 12.1 Å². The zero-order valence-electron chi connectivity index (χ0n) is 13.1. The number of hydrogen-bond donors (Lipinski definition) is 0. The van der Waals surface area contributed by atoms with Crippen LogP contribution in [0, 0.1) is 0 Å². The number of hydrogen-bond acceptors (Lipinski definition) is 6. The first-order valence-electron chi connectivity index (χ1n) is 7.97. The third-order valence-electron chi connectivity index (χ3n) is 4.23. The van der Waals surface area contributed by atoms with Crippen LogP contribution in [0.5, 0.6) is 0 Å². The fourth-order valence-electron chi connectivity index (χ4n) is 2.86. The molecule has 3 rings (SSSR count). The lowest BCUT2D eigenvalue weighted by Crippen LogP contribution is -2.49. The SMILES string of the molecule is CCC(=O)N1CCN(c2ccc(N3CCOCC3)nn2)CC1. The minimum atomic E-state index is 0.230. The van der Waals surface area contributed by atoms with Gasteiger partial charge in [-0.3, -0.25) is 4.79 Å². The van der Waals surface area contributed by atoms with E-state index in [4.69, 9.17) is 4.74 Å². The molecule has 0 atom stereocenters. The quantitative estimate of drug-likeness (QED) is 0.804. The second-order valence-electron chi connectivity index (χ2n) is 5.57. The van der Waals surface area contributed by atoms with Gasteiger partial charge >= 0.3 is 0 Å². The van der Waals surface area contributed by atoms with Crippen molar-refractivity contribution in [2.45, 2.75) is 13.3 Å². The molecular formula is C15H23N5O2. The fourth-order valence-corrected chi connectivity index (χ4v) is 2.86. The summed E-state index contributed by atoms with van der Waals surface area (Å²) in [6.07, 6.45) is 0.577. The van der Waals surface area contributed by atoms with Gasteiger partial charge in [0.2, 0.25) is 5.91 Å². The summed E-state index contributed by atoms with van der Waals surface area (Å²) in [6.45, 7) is 8.30. The number of amides is 1. The van der Waals surface area contributed by atoms with Crippen LogP contribution in [0.15, 0.2) is 12.1 Å². The molecule has 1 amide bonds. The molecule has 2 fully saturated rings. The molecule has 2 saturated heterocycles. The van der Waals surface area contributed by atoms with Gasteiger partial charge in [-0.1, -0.05) is 6.92 Å². The van der Waals surface area contributed by atoms with E-state index < -0.39 is 0 Å². The van der Waals surface area contributed by atoms with E-state index in [9.17, 15) is 4.79 Å². The van der Waals surface area contributed by atoms with Crippen LogP contribution < -0.4 is 9.80 Å². The molecule has 0 radical (unpaired) electrons. The summed E-state index contributed by atoms with van der Waals surface area (Å²) in [4.78, 5) is 18.0. The fraction of sp³-hybridized carbons (Fsp3) is 0.667. The molecule has 7 nitrogen and oxygen atoms in total. The summed E-state index contributed by atoms with van der Waals surface area (Å²) in [5.74, 6) is 2.03. The van der Waals surface area contributed by atoms with Crippen LogP contribution in [-0.2, 0) is 9.53 Å². The van der Waals surface area contributed by atoms with Crippen molar-refractivity contribution in [1.29, 1.82) is 0 Å². The normalized spacial score (nSPS) is 19.4. The molecule has 0 aromatic carbocycles. The Morgan fingerprint density at radius 1 is 1.00 bits per heavy atom. The van der Waals surface area contributed by atoms with E-state index in [1.165, 1.54) is 0 Å². The van der Waals surface area contributed by atoms with Crippen molar-refractivity contribution < 1.29 is 9.53 Å². The van der Waals surface area contributed by atoms with Crippen LogP contribution in [0.25, 0.3) is 0 Å². The van der Waals surface area contributed by atoms with E-state index in [-0.39, 0.29) is 5.91 Å². The summed E-state index contributed by atoms with van der Waals surface area (Å²) in [6, 6.07) is 4.05. The van der Waals surface area contributed by atoms with E-state index in [0.717, 1.165) is 64.1 Å². The zero-order valence-corrected chi connectivity index (χ0v) is 13.1. The van der Waals surface area contributed by atoms with Crippen molar-refractivity contribution in [3.63, 3.8) is 0 Å². The maximum absolute atomic E-state index is 11.7. The van der Waals surface area contributed by atoms with Crippen molar-refractivity contribution in [3.8, 4) is 0 Å². The number of morpholine rings is 1. The van der Waals surface area contributed by atoms with Gasteiger partial charge < -0.3 is 19.4 Å². The van der Waals surface area contributed by atoms with Crippen molar-refractivity contribution in [2.75, 3.05) is 62.3 Å². The molecule has 0 bridgehead atoms. The van der Waals surface area contributed by atoms with E-state index in [1.54, 1.807) is 0 Å². The topological polar surface area (TPSA) is 61.8 Å². The molecule has 1 aromatic rings. The first-order valence-corrected chi connectivity index (χ1v) is 7.97. The van der Waals surface area contributed by atoms with Crippen LogP contribution in [0.2, 0.25) is 0 Å². The molecule has 2 aliphatic rings. The highest BCUT2D eigenvalue weighted by molar-refractivity contribution is 5.76. The molecule has 2 aliphatic heterocycles. The first-order chi connectivity index (χ1) is 10.8. The lowest BCUT2D eigenvalue weighted by molar-refractivity contribution is -0.131. The largest absolute Gasteiger partial charge is 0.378 e. The summed E-state index contributed by atoms with van der Waals surface area (Å²) < 4.78 is 5.35. The molecule has 1 aromatic heterocycles. The summed E-state index contributed by atoms with van der Waals surface area (Å²) in [5, 5.41) is 8.70. The number of carbonyl (C=O) groups is 1. The van der Waals surface area contributed by atoms with Crippen LogP contribution >= 0.6 is 0 Å². The summed E-state index contributed by atoms with van der Waals surface area (Å²) >= 11 is 0.